The number of anilines is 1. The molecule has 1 aromatic rings. The number of carbonyl (C=O) groups is 1. The van der Waals surface area contributed by atoms with E-state index in [1.807, 2.05) is 38.1 Å². The van der Waals surface area contributed by atoms with Gasteiger partial charge in [0.05, 0.1) is 12.6 Å². The number of carbonyl (C=O) groups excluding carboxylic acids is 1. The monoisotopic (exact) mass is 265 g/mol. The van der Waals surface area contributed by atoms with Crippen molar-refractivity contribution in [3.8, 4) is 0 Å². The molecule has 0 aliphatic rings. The number of likely N-dealkylation sites (N-methyl/N-ethyl adjacent to an activating group) is 1. The lowest BCUT2D eigenvalue weighted by atomic mass is 10.2. The minimum atomic E-state index is -0.118. The van der Waals surface area contributed by atoms with Crippen LogP contribution in [0.4, 0.5) is 10.5 Å². The van der Waals surface area contributed by atoms with Crippen LogP contribution in [0.5, 0.6) is 0 Å². The number of nitrogens with one attached hydrogen (secondary N) is 1. The number of nitrogens with zero attached hydrogens (tertiary/aromatic N) is 1. The quantitative estimate of drug-likeness (QED) is 0.827. The number of methoxy groups -OCH3 is 1. The summed E-state index contributed by atoms with van der Waals surface area (Å²) < 4.78 is 5.08. The lowest BCUT2D eigenvalue weighted by molar-refractivity contribution is 0.119. The van der Waals surface area contributed by atoms with E-state index in [1.165, 1.54) is 0 Å². The Morgan fingerprint density at radius 3 is 2.53 bits per heavy atom. The Labute approximate surface area is 114 Å². The highest BCUT2D eigenvalue weighted by atomic mass is 16.5. The third kappa shape index (κ3) is 4.54. The number of benzene rings is 1. The van der Waals surface area contributed by atoms with E-state index in [9.17, 15) is 4.79 Å². The predicted molar refractivity (Wildman–Crippen MR) is 77.1 cm³/mol. The molecule has 0 radical (unpaired) electrons. The minimum Gasteiger partial charge on any atom is -0.383 e. The molecule has 0 saturated heterocycles. The van der Waals surface area contributed by atoms with Gasteiger partial charge in [-0.05, 0) is 31.5 Å². The summed E-state index contributed by atoms with van der Waals surface area (Å²) in [7, 11) is 1.63. The number of hydrogen-bond acceptors (Lipinski definition) is 3. The second-order valence-corrected chi connectivity index (χ2v) is 4.42. The average Bonchev–Trinajstić information content (AvgIpc) is 2.40. The molecule has 0 aliphatic heterocycles. The van der Waals surface area contributed by atoms with E-state index in [2.05, 4.69) is 5.32 Å². The van der Waals surface area contributed by atoms with Gasteiger partial charge in [-0.3, -0.25) is 0 Å². The zero-order valence-corrected chi connectivity index (χ0v) is 11.8. The number of urea groups is 1. The fourth-order valence-electron chi connectivity index (χ4n) is 1.91. The number of rotatable bonds is 6. The highest BCUT2D eigenvalue weighted by molar-refractivity contribution is 5.89. The van der Waals surface area contributed by atoms with Crippen molar-refractivity contribution in [2.24, 2.45) is 5.73 Å². The van der Waals surface area contributed by atoms with Gasteiger partial charge in [-0.1, -0.05) is 12.1 Å². The van der Waals surface area contributed by atoms with Gasteiger partial charge in [0.15, 0.2) is 0 Å². The number of amides is 2. The smallest absolute Gasteiger partial charge is 0.322 e. The molecule has 1 rings (SSSR count). The Morgan fingerprint density at radius 2 is 2.05 bits per heavy atom. The van der Waals surface area contributed by atoms with E-state index in [4.69, 9.17) is 10.5 Å². The van der Waals surface area contributed by atoms with Crippen molar-refractivity contribution in [2.75, 3.05) is 25.6 Å². The maximum Gasteiger partial charge on any atom is 0.322 e. The van der Waals surface area contributed by atoms with Gasteiger partial charge < -0.3 is 20.7 Å². The first-order valence-electron chi connectivity index (χ1n) is 6.47. The van der Waals surface area contributed by atoms with Gasteiger partial charge in [0.2, 0.25) is 0 Å². The summed E-state index contributed by atoms with van der Waals surface area (Å²) in [4.78, 5) is 13.9. The van der Waals surface area contributed by atoms with E-state index in [0.717, 1.165) is 11.3 Å². The van der Waals surface area contributed by atoms with Crippen molar-refractivity contribution in [2.45, 2.75) is 26.4 Å². The second-order valence-electron chi connectivity index (χ2n) is 4.42. The summed E-state index contributed by atoms with van der Waals surface area (Å²) in [5, 5.41) is 2.87. The van der Waals surface area contributed by atoms with E-state index >= 15 is 0 Å². The molecule has 1 aromatic carbocycles. The highest BCUT2D eigenvalue weighted by Crippen LogP contribution is 2.11. The standard InChI is InChI=1S/C14H23N3O2/c1-4-17(11(2)10-19-3)14(18)16-13-7-5-12(9-15)6-8-13/h5-8,11H,4,9-10,15H2,1-3H3,(H,16,18). The van der Waals surface area contributed by atoms with Gasteiger partial charge >= 0.3 is 6.03 Å². The fourth-order valence-corrected chi connectivity index (χ4v) is 1.91. The first-order chi connectivity index (χ1) is 9.12. The van der Waals surface area contributed by atoms with Crippen molar-refractivity contribution in [1.29, 1.82) is 0 Å². The zero-order valence-electron chi connectivity index (χ0n) is 11.8. The Hall–Kier alpha value is -1.59. The van der Waals surface area contributed by atoms with E-state index in [1.54, 1.807) is 12.0 Å². The first kappa shape index (κ1) is 15.5. The predicted octanol–water partition coefficient (Wildman–Crippen LogP) is 2.03. The van der Waals surface area contributed by atoms with Crippen molar-refractivity contribution >= 4 is 11.7 Å². The molecule has 0 aliphatic carbocycles. The summed E-state index contributed by atoms with van der Waals surface area (Å²) in [5.41, 5.74) is 7.34. The van der Waals surface area contributed by atoms with Gasteiger partial charge in [0, 0.05) is 25.9 Å². The molecule has 3 N–H and O–H groups in total. The third-order valence-corrected chi connectivity index (χ3v) is 2.98. The van der Waals surface area contributed by atoms with Gasteiger partial charge in [-0.2, -0.15) is 0 Å². The third-order valence-electron chi connectivity index (χ3n) is 2.98. The molecule has 0 heterocycles. The number of ether oxygens (including phenoxy) is 1. The molecular formula is C14H23N3O2. The normalized spacial score (nSPS) is 12.0. The lowest BCUT2D eigenvalue weighted by Gasteiger charge is -2.27. The Kier molecular flexibility index (Phi) is 6.32. The largest absolute Gasteiger partial charge is 0.383 e. The summed E-state index contributed by atoms with van der Waals surface area (Å²) in [6, 6.07) is 7.45. The highest BCUT2D eigenvalue weighted by Gasteiger charge is 2.18. The first-order valence-corrected chi connectivity index (χ1v) is 6.47. The summed E-state index contributed by atoms with van der Waals surface area (Å²) >= 11 is 0. The molecule has 5 heteroatoms. The Bertz CT molecular complexity index is 392. The van der Waals surface area contributed by atoms with E-state index in [0.29, 0.717) is 19.7 Å². The Morgan fingerprint density at radius 1 is 1.42 bits per heavy atom. The van der Waals surface area contributed by atoms with Crippen LogP contribution in [-0.2, 0) is 11.3 Å². The molecule has 0 saturated carbocycles. The zero-order chi connectivity index (χ0) is 14.3. The maximum atomic E-state index is 12.1. The SMILES string of the molecule is CCN(C(=O)Nc1ccc(CN)cc1)C(C)COC. The van der Waals surface area contributed by atoms with Crippen molar-refractivity contribution < 1.29 is 9.53 Å². The summed E-state index contributed by atoms with van der Waals surface area (Å²) in [5.74, 6) is 0. The van der Waals surface area contributed by atoms with E-state index < -0.39 is 0 Å². The molecule has 5 nitrogen and oxygen atoms in total. The van der Waals surface area contributed by atoms with Crippen LogP contribution < -0.4 is 11.1 Å². The fraction of sp³-hybridized carbons (Fsp3) is 0.500. The molecule has 106 valence electrons. The minimum absolute atomic E-state index is 0.0401. The van der Waals surface area contributed by atoms with Gasteiger partial charge in [0.25, 0.3) is 0 Å². The summed E-state index contributed by atoms with van der Waals surface area (Å²) in [6.07, 6.45) is 0. The van der Waals surface area contributed by atoms with Gasteiger partial charge in [0.1, 0.15) is 0 Å². The van der Waals surface area contributed by atoms with Crippen molar-refractivity contribution in [1.82, 2.24) is 4.90 Å². The molecular weight excluding hydrogens is 242 g/mol. The van der Waals surface area contributed by atoms with Crippen LogP contribution in [-0.4, -0.2) is 37.2 Å². The molecule has 19 heavy (non-hydrogen) atoms. The lowest BCUT2D eigenvalue weighted by Crippen LogP contribution is -2.43. The molecule has 0 bridgehead atoms. The number of hydrogen-bond donors (Lipinski definition) is 2. The van der Waals surface area contributed by atoms with Crippen LogP contribution in [0, 0.1) is 0 Å². The van der Waals surface area contributed by atoms with Crippen LogP contribution in [0.25, 0.3) is 0 Å². The molecule has 0 spiro atoms. The van der Waals surface area contributed by atoms with Gasteiger partial charge in [-0.15, -0.1) is 0 Å². The molecule has 1 unspecified atom stereocenters. The van der Waals surface area contributed by atoms with Crippen LogP contribution in [0.3, 0.4) is 0 Å². The average molecular weight is 265 g/mol. The number of nitrogens with two attached hydrogens (primary N) is 1. The summed E-state index contributed by atoms with van der Waals surface area (Å²) in [6.45, 7) is 5.57. The topological polar surface area (TPSA) is 67.6 Å². The van der Waals surface area contributed by atoms with Gasteiger partial charge in [-0.25, -0.2) is 4.79 Å². The van der Waals surface area contributed by atoms with Crippen LogP contribution in [0.2, 0.25) is 0 Å². The molecule has 0 fully saturated rings. The van der Waals surface area contributed by atoms with E-state index in [-0.39, 0.29) is 12.1 Å². The van der Waals surface area contributed by atoms with Crippen molar-refractivity contribution in [3.63, 3.8) is 0 Å². The Balaban J connectivity index is 2.65. The van der Waals surface area contributed by atoms with Crippen molar-refractivity contribution in [3.05, 3.63) is 29.8 Å². The van der Waals surface area contributed by atoms with Crippen LogP contribution in [0.1, 0.15) is 19.4 Å². The van der Waals surface area contributed by atoms with Crippen LogP contribution >= 0.6 is 0 Å². The molecule has 2 amide bonds. The molecule has 1 atom stereocenters. The molecule has 0 aromatic heterocycles. The van der Waals surface area contributed by atoms with Crippen LogP contribution in [0.15, 0.2) is 24.3 Å². The maximum absolute atomic E-state index is 12.1. The second kappa shape index (κ2) is 7.76.